The predicted molar refractivity (Wildman–Crippen MR) is 76.3 cm³/mol. The maximum atomic E-state index is 11.2. The molecule has 100 valence electrons. The maximum Gasteiger partial charge on any atom is 0.220 e. The molecule has 5 nitrogen and oxygen atoms in total. The van der Waals surface area contributed by atoms with Crippen molar-refractivity contribution in [3.8, 4) is 11.3 Å². The molecule has 2 rings (SSSR count). The lowest BCUT2D eigenvalue weighted by Crippen LogP contribution is -2.27. The summed E-state index contributed by atoms with van der Waals surface area (Å²) in [6.45, 7) is 3.78. The van der Waals surface area contributed by atoms with Crippen LogP contribution in [-0.2, 0) is 11.5 Å². The summed E-state index contributed by atoms with van der Waals surface area (Å²) in [5, 5.41) is 8.79. The van der Waals surface area contributed by atoms with Gasteiger partial charge in [-0.05, 0) is 13.0 Å². The zero-order valence-electron chi connectivity index (χ0n) is 11.1. The van der Waals surface area contributed by atoms with Crippen molar-refractivity contribution < 1.29 is 4.79 Å². The van der Waals surface area contributed by atoms with Crippen molar-refractivity contribution in [2.75, 3.05) is 7.05 Å². The van der Waals surface area contributed by atoms with E-state index in [-0.39, 0.29) is 5.91 Å². The van der Waals surface area contributed by atoms with Crippen molar-refractivity contribution in [2.45, 2.75) is 20.5 Å². The molecule has 0 bridgehead atoms. The molecule has 2 aromatic rings. The summed E-state index contributed by atoms with van der Waals surface area (Å²) in [4.78, 5) is 14.3. The summed E-state index contributed by atoms with van der Waals surface area (Å²) in [5.74, 6) is -0.0163. The molecule has 19 heavy (non-hydrogen) atoms. The molecule has 0 aliphatic heterocycles. The Morgan fingerprint density at radius 3 is 2.68 bits per heavy atom. The van der Waals surface area contributed by atoms with Crippen LogP contribution in [0.5, 0.6) is 0 Å². The van der Waals surface area contributed by atoms with Crippen LogP contribution in [0.4, 0.5) is 0 Å². The van der Waals surface area contributed by atoms with E-state index in [0.29, 0.717) is 6.67 Å². The molecular formula is C13H15BrN4O. The number of hydrogen-bond donors (Lipinski definition) is 0. The normalized spacial score (nSPS) is 10.5. The number of aryl methyl sites for hydroxylation is 1. The van der Waals surface area contributed by atoms with E-state index in [4.69, 9.17) is 0 Å². The van der Waals surface area contributed by atoms with E-state index in [9.17, 15) is 4.79 Å². The Kier molecular flexibility index (Phi) is 3.99. The zero-order chi connectivity index (χ0) is 14.0. The summed E-state index contributed by atoms with van der Waals surface area (Å²) in [6.07, 6.45) is 0. The summed E-state index contributed by atoms with van der Waals surface area (Å²) >= 11 is 3.51. The Bertz CT molecular complexity index is 608. The molecule has 1 amide bonds. The zero-order valence-corrected chi connectivity index (χ0v) is 12.7. The van der Waals surface area contributed by atoms with Gasteiger partial charge in [0.05, 0.1) is 5.69 Å². The van der Waals surface area contributed by atoms with Gasteiger partial charge in [0.1, 0.15) is 12.4 Å². The fourth-order valence-electron chi connectivity index (χ4n) is 1.69. The number of rotatable bonds is 3. The minimum Gasteiger partial charge on any atom is -0.325 e. The third-order valence-corrected chi connectivity index (χ3v) is 3.52. The van der Waals surface area contributed by atoms with Crippen LogP contribution in [0.25, 0.3) is 11.3 Å². The van der Waals surface area contributed by atoms with Crippen molar-refractivity contribution in [1.82, 2.24) is 19.9 Å². The largest absolute Gasteiger partial charge is 0.325 e. The summed E-state index contributed by atoms with van der Waals surface area (Å²) in [6, 6.07) is 7.87. The van der Waals surface area contributed by atoms with Gasteiger partial charge in [-0.25, -0.2) is 0 Å². The smallest absolute Gasteiger partial charge is 0.220 e. The van der Waals surface area contributed by atoms with E-state index < -0.39 is 0 Å². The molecule has 0 unspecified atom stereocenters. The van der Waals surface area contributed by atoms with Crippen LogP contribution in [-0.4, -0.2) is 32.8 Å². The average molecular weight is 323 g/mol. The number of nitrogens with zero attached hydrogens (tertiary/aromatic N) is 4. The lowest BCUT2D eigenvalue weighted by molar-refractivity contribution is -0.129. The first-order valence-electron chi connectivity index (χ1n) is 5.87. The number of benzene rings is 1. The van der Waals surface area contributed by atoms with E-state index >= 15 is 0 Å². The van der Waals surface area contributed by atoms with Crippen molar-refractivity contribution in [3.05, 3.63) is 34.4 Å². The van der Waals surface area contributed by atoms with Gasteiger partial charge in [-0.2, -0.15) is 15.0 Å². The van der Waals surface area contributed by atoms with Gasteiger partial charge in [0.25, 0.3) is 0 Å². The van der Waals surface area contributed by atoms with Gasteiger partial charge in [0.15, 0.2) is 0 Å². The van der Waals surface area contributed by atoms with Gasteiger partial charge >= 0.3 is 0 Å². The molecular weight excluding hydrogens is 308 g/mol. The van der Waals surface area contributed by atoms with Crippen molar-refractivity contribution in [3.63, 3.8) is 0 Å². The molecule has 6 heteroatoms. The first kappa shape index (κ1) is 13.7. The fraction of sp³-hybridized carbons (Fsp3) is 0.308. The van der Waals surface area contributed by atoms with Crippen molar-refractivity contribution in [1.29, 1.82) is 0 Å². The van der Waals surface area contributed by atoms with Crippen molar-refractivity contribution >= 4 is 21.8 Å². The molecule has 1 aromatic heterocycles. The van der Waals surface area contributed by atoms with Crippen LogP contribution in [0.1, 0.15) is 12.6 Å². The van der Waals surface area contributed by atoms with Gasteiger partial charge < -0.3 is 4.90 Å². The lowest BCUT2D eigenvalue weighted by atomic mass is 10.1. The SMILES string of the molecule is CC(=O)N(C)Cn1nc(C)c(-c2ccccc2Br)n1. The first-order valence-corrected chi connectivity index (χ1v) is 6.66. The third kappa shape index (κ3) is 3.01. The van der Waals surface area contributed by atoms with Crippen LogP contribution in [0, 0.1) is 6.92 Å². The highest BCUT2D eigenvalue weighted by Gasteiger charge is 2.13. The highest BCUT2D eigenvalue weighted by molar-refractivity contribution is 9.10. The summed E-state index contributed by atoms with van der Waals surface area (Å²) < 4.78 is 0.977. The topological polar surface area (TPSA) is 51.0 Å². The number of carbonyl (C=O) groups is 1. The molecule has 0 saturated heterocycles. The van der Waals surface area contributed by atoms with Crippen LogP contribution in [0.3, 0.4) is 0 Å². The quantitative estimate of drug-likeness (QED) is 0.872. The Labute approximate surface area is 120 Å². The van der Waals surface area contributed by atoms with E-state index in [1.807, 2.05) is 31.2 Å². The summed E-state index contributed by atoms with van der Waals surface area (Å²) in [5.41, 5.74) is 2.66. The Hall–Kier alpha value is -1.69. The van der Waals surface area contributed by atoms with Gasteiger partial charge in [-0.3, -0.25) is 4.79 Å². The number of halogens is 1. The van der Waals surface area contributed by atoms with E-state index in [1.165, 1.54) is 11.7 Å². The number of aromatic nitrogens is 3. The van der Waals surface area contributed by atoms with Gasteiger partial charge in [-0.15, -0.1) is 0 Å². The molecule has 0 N–H and O–H groups in total. The van der Waals surface area contributed by atoms with Gasteiger partial charge in [0, 0.05) is 24.0 Å². The molecule has 0 spiro atoms. The highest BCUT2D eigenvalue weighted by atomic mass is 79.9. The molecule has 1 heterocycles. The van der Waals surface area contributed by atoms with Crippen LogP contribution in [0.2, 0.25) is 0 Å². The van der Waals surface area contributed by atoms with Gasteiger partial charge in [-0.1, -0.05) is 34.1 Å². The Balaban J connectivity index is 2.32. The predicted octanol–water partition coefficient (Wildman–Crippen LogP) is 2.45. The van der Waals surface area contributed by atoms with Crippen LogP contribution >= 0.6 is 15.9 Å². The minimum absolute atomic E-state index is 0.0163. The molecule has 0 saturated carbocycles. The van der Waals surface area contributed by atoms with E-state index in [1.54, 1.807) is 11.9 Å². The molecule has 0 fully saturated rings. The monoisotopic (exact) mass is 322 g/mol. The van der Waals surface area contributed by atoms with Crippen LogP contribution in [0.15, 0.2) is 28.7 Å². The Morgan fingerprint density at radius 2 is 2.05 bits per heavy atom. The van der Waals surface area contributed by atoms with E-state index in [2.05, 4.69) is 26.1 Å². The van der Waals surface area contributed by atoms with Crippen LogP contribution < -0.4 is 0 Å². The first-order chi connectivity index (χ1) is 8.99. The van der Waals surface area contributed by atoms with E-state index in [0.717, 1.165) is 21.4 Å². The molecule has 0 aliphatic carbocycles. The standard InChI is InChI=1S/C13H15BrN4O/c1-9-13(11-6-4-5-7-12(11)14)16-18(15-9)8-17(3)10(2)19/h4-7H,8H2,1-3H3. The average Bonchev–Trinajstić information content (AvgIpc) is 2.70. The van der Waals surface area contributed by atoms with Gasteiger partial charge in [0.2, 0.25) is 5.91 Å². The molecule has 0 aliphatic rings. The fourth-order valence-corrected chi connectivity index (χ4v) is 2.16. The molecule has 1 aromatic carbocycles. The number of carbonyl (C=O) groups excluding carboxylic acids is 1. The second-order valence-electron chi connectivity index (χ2n) is 4.34. The summed E-state index contributed by atoms with van der Waals surface area (Å²) in [7, 11) is 1.72. The lowest BCUT2D eigenvalue weighted by Gasteiger charge is -2.12. The molecule has 0 atom stereocenters. The second-order valence-corrected chi connectivity index (χ2v) is 5.20. The molecule has 0 radical (unpaired) electrons. The third-order valence-electron chi connectivity index (χ3n) is 2.83. The maximum absolute atomic E-state index is 11.2. The van der Waals surface area contributed by atoms with Crippen molar-refractivity contribution in [2.24, 2.45) is 0 Å². The minimum atomic E-state index is -0.0163. The highest BCUT2D eigenvalue weighted by Crippen LogP contribution is 2.27. The number of amides is 1. The number of hydrogen-bond acceptors (Lipinski definition) is 3. The Morgan fingerprint density at radius 1 is 1.37 bits per heavy atom. The second kappa shape index (κ2) is 5.52.